The number of nitrogens with one attached hydrogen (secondary N) is 3. The third-order valence-electron chi connectivity index (χ3n) is 13.9. The van der Waals surface area contributed by atoms with Gasteiger partial charge in [0.1, 0.15) is 0 Å². The molecule has 0 unspecified atom stereocenters. The number of allylic oxidation sites excluding steroid dienone is 19. The van der Waals surface area contributed by atoms with Crippen molar-refractivity contribution in [3.8, 4) is 0 Å². The maximum Gasteiger partial charge on any atom is 0.244 e. The molecule has 12 heteroatoms. The Morgan fingerprint density at radius 2 is 1.01 bits per heavy atom. The van der Waals surface area contributed by atoms with Crippen molar-refractivity contribution in [2.24, 2.45) is 16.7 Å². The molecule has 12 nitrogen and oxygen atoms in total. The highest BCUT2D eigenvalue weighted by Gasteiger charge is 2.27. The minimum atomic E-state index is -0.504. The highest BCUT2D eigenvalue weighted by atomic mass is 16.5. The van der Waals surface area contributed by atoms with Crippen LogP contribution in [0.3, 0.4) is 0 Å². The Labute approximate surface area is 466 Å². The summed E-state index contributed by atoms with van der Waals surface area (Å²) >= 11 is 0. The second kappa shape index (κ2) is 40.5. The molecule has 0 aromatic heterocycles. The van der Waals surface area contributed by atoms with Crippen LogP contribution in [0.4, 0.5) is 0 Å². The first kappa shape index (κ1) is 68.4. The molecule has 0 radical (unpaired) electrons. The van der Waals surface area contributed by atoms with Gasteiger partial charge in [0.15, 0.2) is 5.78 Å². The molecule has 0 spiro atoms. The van der Waals surface area contributed by atoms with Crippen LogP contribution in [0.5, 0.6) is 0 Å². The minimum absolute atomic E-state index is 0.0400. The van der Waals surface area contributed by atoms with Crippen LogP contribution in [0.1, 0.15) is 166 Å². The summed E-state index contributed by atoms with van der Waals surface area (Å²) in [4.78, 5) is 51.6. The van der Waals surface area contributed by atoms with E-state index in [1.165, 1.54) is 54.4 Å². The van der Waals surface area contributed by atoms with Gasteiger partial charge in [0.25, 0.3) is 0 Å². The van der Waals surface area contributed by atoms with E-state index in [2.05, 4.69) is 115 Å². The monoisotopic (exact) mass is 1070 g/mol. The standard InChI is InChI=1S/C65H103N3O9/c1-12-38-73-42-45-76-41-32-61(70)66-36-19-39-74-43-46-77-47-44-75-40-20-37-68-63(72)57(50-58(69)48-53(4)23-15-21-51(2)28-30-59-55(6)25-17-33-64(59,8)9)27-13-14-35-67-62(71)49-54(5)24-16-22-52(3)29-31-60-56(7)26-18-34-65(60,10)11/h15-16,21-24,28-31,48-49,57H,12-14,17-20,25-27,32-47,50H2,1-11H3,(H,66,70)(H,67,71)(H,68,72)/b23-15+,24-16+,30-28+,31-29+,51-21+,52-22+,53-48+,54-49+/t57-/m1/s1. The van der Waals surface area contributed by atoms with Gasteiger partial charge in [-0.05, 0) is 151 Å². The molecule has 2 aliphatic rings. The van der Waals surface area contributed by atoms with Crippen LogP contribution in [0.2, 0.25) is 0 Å². The number of ether oxygens (including phenoxy) is 5. The largest absolute Gasteiger partial charge is 0.379 e. The molecule has 0 aromatic rings. The Hall–Kier alpha value is -4.72. The summed E-state index contributed by atoms with van der Waals surface area (Å²) in [5.41, 5.74) is 10.1. The Morgan fingerprint density at radius 3 is 1.53 bits per heavy atom. The fourth-order valence-electron chi connectivity index (χ4n) is 9.42. The predicted molar refractivity (Wildman–Crippen MR) is 316 cm³/mol. The fourth-order valence-corrected chi connectivity index (χ4v) is 9.42. The van der Waals surface area contributed by atoms with Gasteiger partial charge >= 0.3 is 0 Å². The van der Waals surface area contributed by atoms with E-state index < -0.39 is 5.92 Å². The lowest BCUT2D eigenvalue weighted by molar-refractivity contribution is -0.128. The lowest BCUT2D eigenvalue weighted by Crippen LogP contribution is -2.33. The van der Waals surface area contributed by atoms with Crippen LogP contribution in [0, 0.1) is 16.7 Å². The average molecular weight is 1070 g/mol. The Morgan fingerprint density at radius 1 is 0.545 bits per heavy atom. The molecule has 0 aliphatic heterocycles. The van der Waals surface area contributed by atoms with Crippen LogP contribution >= 0.6 is 0 Å². The summed E-state index contributed by atoms with van der Waals surface area (Å²) in [6.07, 6.45) is 35.8. The van der Waals surface area contributed by atoms with Crippen molar-refractivity contribution in [2.45, 2.75) is 166 Å². The highest BCUT2D eigenvalue weighted by molar-refractivity contribution is 5.94. The first-order valence-electron chi connectivity index (χ1n) is 28.9. The van der Waals surface area contributed by atoms with E-state index in [0.717, 1.165) is 41.7 Å². The van der Waals surface area contributed by atoms with E-state index in [9.17, 15) is 19.2 Å². The molecule has 0 bridgehead atoms. The predicted octanol–water partition coefficient (Wildman–Crippen LogP) is 12.8. The molecule has 0 saturated carbocycles. The zero-order valence-corrected chi connectivity index (χ0v) is 49.8. The average Bonchev–Trinajstić information content (AvgIpc) is 3.35. The normalized spacial score (nSPS) is 17.1. The molecule has 1 atom stereocenters. The topological polar surface area (TPSA) is 151 Å². The summed E-state index contributed by atoms with van der Waals surface area (Å²) in [7, 11) is 0. The quantitative estimate of drug-likeness (QED) is 0.0309. The van der Waals surface area contributed by atoms with Crippen molar-refractivity contribution < 1.29 is 42.9 Å². The number of amides is 3. The first-order valence-corrected chi connectivity index (χ1v) is 28.9. The molecule has 0 saturated heterocycles. The van der Waals surface area contributed by atoms with E-state index >= 15 is 0 Å². The van der Waals surface area contributed by atoms with E-state index in [1.54, 1.807) is 12.2 Å². The Kier molecular flexibility index (Phi) is 35.9. The molecule has 0 fully saturated rings. The second-order valence-electron chi connectivity index (χ2n) is 22.2. The van der Waals surface area contributed by atoms with Gasteiger partial charge in [0, 0.05) is 64.3 Å². The summed E-state index contributed by atoms with van der Waals surface area (Å²) in [5.74, 6) is -0.962. The third kappa shape index (κ3) is 32.7. The summed E-state index contributed by atoms with van der Waals surface area (Å²) in [5, 5.41) is 8.88. The molecular weight excluding hydrogens is 967 g/mol. The van der Waals surface area contributed by atoms with E-state index in [1.807, 2.05) is 38.2 Å². The Bertz CT molecular complexity index is 2110. The number of ketones is 1. The third-order valence-corrected chi connectivity index (χ3v) is 13.9. The van der Waals surface area contributed by atoms with Crippen molar-refractivity contribution in [2.75, 3.05) is 85.7 Å². The molecule has 2 aliphatic carbocycles. The van der Waals surface area contributed by atoms with E-state index in [4.69, 9.17) is 23.7 Å². The lowest BCUT2D eigenvalue weighted by Gasteiger charge is -2.33. The Balaban J connectivity index is 1.81. The van der Waals surface area contributed by atoms with Crippen LogP contribution in [0.15, 0.2) is 117 Å². The number of rotatable bonds is 40. The van der Waals surface area contributed by atoms with Crippen molar-refractivity contribution in [1.82, 2.24) is 16.0 Å². The molecule has 432 valence electrons. The summed E-state index contributed by atoms with van der Waals surface area (Å²) in [6, 6.07) is 0. The van der Waals surface area contributed by atoms with Crippen LogP contribution in [-0.4, -0.2) is 109 Å². The number of hydrogen-bond acceptors (Lipinski definition) is 9. The van der Waals surface area contributed by atoms with Crippen molar-refractivity contribution in [3.05, 3.63) is 117 Å². The van der Waals surface area contributed by atoms with Crippen molar-refractivity contribution in [1.29, 1.82) is 0 Å². The van der Waals surface area contributed by atoms with Crippen LogP contribution in [-0.2, 0) is 42.9 Å². The molecule has 3 N–H and O–H groups in total. The molecule has 3 amide bonds. The zero-order valence-electron chi connectivity index (χ0n) is 49.8. The van der Waals surface area contributed by atoms with E-state index in [0.29, 0.717) is 118 Å². The van der Waals surface area contributed by atoms with Gasteiger partial charge in [-0.2, -0.15) is 0 Å². The maximum atomic E-state index is 13.5. The maximum absolute atomic E-state index is 13.5. The summed E-state index contributed by atoms with van der Waals surface area (Å²) < 4.78 is 27.7. The van der Waals surface area contributed by atoms with Crippen molar-refractivity contribution in [3.63, 3.8) is 0 Å². The van der Waals surface area contributed by atoms with Gasteiger partial charge < -0.3 is 39.6 Å². The molecular formula is C65H103N3O9. The molecule has 0 heterocycles. The molecule has 2 rings (SSSR count). The first-order chi connectivity index (χ1) is 36.8. The van der Waals surface area contributed by atoms with Gasteiger partial charge in [-0.1, -0.05) is 124 Å². The van der Waals surface area contributed by atoms with Gasteiger partial charge in [-0.25, -0.2) is 0 Å². The number of hydrogen-bond donors (Lipinski definition) is 3. The zero-order chi connectivity index (χ0) is 56.7. The molecule has 77 heavy (non-hydrogen) atoms. The number of carbonyl (C=O) groups excluding carboxylic acids is 4. The molecule has 0 aromatic carbocycles. The summed E-state index contributed by atoms with van der Waals surface area (Å²) in [6.45, 7) is 30.1. The van der Waals surface area contributed by atoms with Gasteiger partial charge in [0.2, 0.25) is 17.7 Å². The van der Waals surface area contributed by atoms with Crippen molar-refractivity contribution >= 4 is 23.5 Å². The SMILES string of the molecule is CCCOCCOCCC(=O)NCCCOCCOCCOCCCNC(=O)[C@H](CCCCNC(=O)/C=C(C)/C=C/C=C(C)/C=C/C1=C(C)CCCC1(C)C)CC(=O)/C=C(C)/C=C/C=C(C)/C=C/C1=C(C)CCCC1(C)C. The van der Waals surface area contributed by atoms with Gasteiger partial charge in [-0.3, -0.25) is 19.2 Å². The van der Waals surface area contributed by atoms with Gasteiger partial charge in [-0.15, -0.1) is 0 Å². The smallest absolute Gasteiger partial charge is 0.244 e. The number of carbonyl (C=O) groups is 4. The van der Waals surface area contributed by atoms with Gasteiger partial charge in [0.05, 0.1) is 46.2 Å². The fraction of sp³-hybridized carbons (Fsp3) is 0.631. The minimum Gasteiger partial charge on any atom is -0.379 e. The lowest BCUT2D eigenvalue weighted by atomic mass is 9.72. The second-order valence-corrected chi connectivity index (χ2v) is 22.2. The van der Waals surface area contributed by atoms with Crippen LogP contribution in [0.25, 0.3) is 0 Å². The highest BCUT2D eigenvalue weighted by Crippen LogP contribution is 2.42. The number of unbranched alkanes of at least 4 members (excludes halogenated alkanes) is 1. The van der Waals surface area contributed by atoms with Crippen LogP contribution < -0.4 is 16.0 Å². The van der Waals surface area contributed by atoms with E-state index in [-0.39, 0.29) is 40.8 Å².